The molecule has 3 rings (SSSR count). The fraction of sp³-hybridized carbons (Fsp3) is 0.462. The highest BCUT2D eigenvalue weighted by Gasteiger charge is 2.19. The van der Waals surface area contributed by atoms with Gasteiger partial charge in [0, 0.05) is 0 Å². The maximum Gasteiger partial charge on any atom is 0.433 e. The fourth-order valence-corrected chi connectivity index (χ4v) is 3.21. The SMILES string of the molecule is O=[N+]([O-])c1ccc(/C=C/Sc2nnnn2C2CCCCC2)o1. The molecule has 1 fully saturated rings. The van der Waals surface area contributed by atoms with E-state index in [4.69, 9.17) is 4.42 Å². The van der Waals surface area contributed by atoms with E-state index >= 15 is 0 Å². The first kappa shape index (κ1) is 14.8. The molecule has 0 aromatic carbocycles. The molecule has 22 heavy (non-hydrogen) atoms. The van der Waals surface area contributed by atoms with Crippen LogP contribution in [-0.4, -0.2) is 25.1 Å². The van der Waals surface area contributed by atoms with E-state index in [0.717, 1.165) is 18.0 Å². The molecule has 1 aliphatic carbocycles. The molecule has 2 heterocycles. The van der Waals surface area contributed by atoms with Crippen LogP contribution in [0.25, 0.3) is 6.08 Å². The van der Waals surface area contributed by atoms with Crippen molar-refractivity contribution in [2.45, 2.75) is 43.3 Å². The molecule has 1 aliphatic rings. The summed E-state index contributed by atoms with van der Waals surface area (Å²) < 4.78 is 6.93. The highest BCUT2D eigenvalue weighted by Crippen LogP contribution is 2.30. The number of nitrogens with zero attached hydrogens (tertiary/aromatic N) is 5. The number of thioether (sulfide) groups is 1. The van der Waals surface area contributed by atoms with E-state index in [-0.39, 0.29) is 5.88 Å². The van der Waals surface area contributed by atoms with Crippen molar-refractivity contribution in [3.05, 3.63) is 33.4 Å². The summed E-state index contributed by atoms with van der Waals surface area (Å²) >= 11 is 1.38. The van der Waals surface area contributed by atoms with Crippen LogP contribution in [0.4, 0.5) is 5.88 Å². The number of rotatable bonds is 5. The summed E-state index contributed by atoms with van der Waals surface area (Å²) in [6, 6.07) is 3.25. The van der Waals surface area contributed by atoms with Crippen molar-refractivity contribution >= 4 is 23.7 Å². The summed E-state index contributed by atoms with van der Waals surface area (Å²) in [4.78, 5) is 9.99. The summed E-state index contributed by atoms with van der Waals surface area (Å²) in [6.07, 6.45) is 7.57. The zero-order chi connectivity index (χ0) is 15.4. The van der Waals surface area contributed by atoms with Crippen LogP contribution in [-0.2, 0) is 0 Å². The zero-order valence-corrected chi connectivity index (χ0v) is 12.6. The smallest absolute Gasteiger partial charge is 0.401 e. The van der Waals surface area contributed by atoms with Crippen molar-refractivity contribution in [2.75, 3.05) is 0 Å². The number of hydrogen-bond acceptors (Lipinski definition) is 7. The maximum atomic E-state index is 10.5. The molecule has 0 spiro atoms. The predicted octanol–water partition coefficient (Wildman–Crippen LogP) is 3.44. The third-order valence-corrected chi connectivity index (χ3v) is 4.33. The van der Waals surface area contributed by atoms with Crippen LogP contribution in [0.1, 0.15) is 43.9 Å². The molecule has 0 bridgehead atoms. The first-order chi connectivity index (χ1) is 10.7. The topological polar surface area (TPSA) is 99.9 Å². The third-order valence-electron chi connectivity index (χ3n) is 3.58. The van der Waals surface area contributed by atoms with Gasteiger partial charge in [0.1, 0.15) is 10.7 Å². The predicted molar refractivity (Wildman–Crippen MR) is 80.2 cm³/mol. The second-order valence-electron chi connectivity index (χ2n) is 5.05. The Hall–Kier alpha value is -2.16. The van der Waals surface area contributed by atoms with Crippen LogP contribution in [0.15, 0.2) is 27.1 Å². The van der Waals surface area contributed by atoms with E-state index in [1.54, 1.807) is 17.6 Å². The summed E-state index contributed by atoms with van der Waals surface area (Å²) in [5.74, 6) is 0.160. The van der Waals surface area contributed by atoms with Crippen molar-refractivity contribution in [3.63, 3.8) is 0 Å². The molecule has 8 nitrogen and oxygen atoms in total. The molecule has 0 saturated heterocycles. The molecule has 2 aromatic rings. The zero-order valence-electron chi connectivity index (χ0n) is 11.8. The standard InChI is InChI=1S/C13H15N5O3S/c19-18(20)12-7-6-11(21-12)8-9-22-13-14-15-16-17(13)10-4-2-1-3-5-10/h6-10H,1-5H2/b9-8+. The van der Waals surface area contributed by atoms with Crippen LogP contribution in [0.5, 0.6) is 0 Å². The lowest BCUT2D eigenvalue weighted by Gasteiger charge is -2.21. The first-order valence-corrected chi connectivity index (χ1v) is 7.97. The Morgan fingerprint density at radius 1 is 1.36 bits per heavy atom. The Kier molecular flexibility index (Phi) is 4.52. The molecule has 0 radical (unpaired) electrons. The Bertz CT molecular complexity index is 675. The maximum absolute atomic E-state index is 10.5. The molecular formula is C13H15N5O3S. The quantitative estimate of drug-likeness (QED) is 0.472. The molecule has 0 aliphatic heterocycles. The van der Waals surface area contributed by atoms with Crippen molar-refractivity contribution in [3.8, 4) is 0 Å². The van der Waals surface area contributed by atoms with Gasteiger partial charge in [-0.05, 0) is 40.8 Å². The molecule has 116 valence electrons. The fourth-order valence-electron chi connectivity index (χ4n) is 2.51. The number of hydrogen-bond donors (Lipinski definition) is 0. The van der Waals surface area contributed by atoms with Gasteiger partial charge in [-0.25, -0.2) is 4.68 Å². The van der Waals surface area contributed by atoms with Crippen LogP contribution >= 0.6 is 11.8 Å². The largest absolute Gasteiger partial charge is 0.433 e. The molecule has 9 heteroatoms. The highest BCUT2D eigenvalue weighted by atomic mass is 32.2. The minimum Gasteiger partial charge on any atom is -0.401 e. The normalized spacial score (nSPS) is 16.4. The lowest BCUT2D eigenvalue weighted by atomic mass is 9.96. The van der Waals surface area contributed by atoms with Gasteiger partial charge in [-0.2, -0.15) is 0 Å². The number of tetrazole rings is 1. The van der Waals surface area contributed by atoms with Crippen LogP contribution in [0, 0.1) is 10.1 Å². The second-order valence-corrected chi connectivity index (χ2v) is 5.92. The Labute approximate surface area is 130 Å². The molecule has 2 aromatic heterocycles. The molecule has 0 unspecified atom stereocenters. The van der Waals surface area contributed by atoms with Gasteiger partial charge in [0.25, 0.3) is 0 Å². The van der Waals surface area contributed by atoms with Crippen molar-refractivity contribution in [1.29, 1.82) is 0 Å². The van der Waals surface area contributed by atoms with E-state index in [0.29, 0.717) is 11.8 Å². The number of furan rings is 1. The van der Waals surface area contributed by atoms with E-state index in [1.165, 1.54) is 37.1 Å². The van der Waals surface area contributed by atoms with E-state index < -0.39 is 4.92 Å². The average Bonchev–Trinajstić information content (AvgIpc) is 3.17. The van der Waals surface area contributed by atoms with Crippen molar-refractivity contribution in [2.24, 2.45) is 0 Å². The van der Waals surface area contributed by atoms with Gasteiger partial charge in [0.05, 0.1) is 12.1 Å². The molecular weight excluding hydrogens is 306 g/mol. The minimum atomic E-state index is -0.561. The van der Waals surface area contributed by atoms with Crippen LogP contribution < -0.4 is 0 Å². The number of aromatic nitrogens is 4. The number of nitro groups is 1. The van der Waals surface area contributed by atoms with Gasteiger partial charge in [0.2, 0.25) is 5.16 Å². The molecule has 0 atom stereocenters. The second kappa shape index (κ2) is 6.73. The monoisotopic (exact) mass is 321 g/mol. The Morgan fingerprint density at radius 3 is 2.91 bits per heavy atom. The van der Waals surface area contributed by atoms with Gasteiger partial charge in [-0.3, -0.25) is 10.1 Å². The third kappa shape index (κ3) is 3.35. The van der Waals surface area contributed by atoms with Gasteiger partial charge in [-0.15, -0.1) is 5.10 Å². The lowest BCUT2D eigenvalue weighted by molar-refractivity contribution is -0.402. The first-order valence-electron chi connectivity index (χ1n) is 7.09. The molecule has 1 saturated carbocycles. The van der Waals surface area contributed by atoms with Gasteiger partial charge >= 0.3 is 5.88 Å². The van der Waals surface area contributed by atoms with Crippen molar-refractivity contribution in [1.82, 2.24) is 20.2 Å². The van der Waals surface area contributed by atoms with Crippen LogP contribution in [0.3, 0.4) is 0 Å². The molecule has 0 N–H and O–H groups in total. The Balaban J connectivity index is 1.64. The van der Waals surface area contributed by atoms with Gasteiger partial charge < -0.3 is 4.42 Å². The summed E-state index contributed by atoms with van der Waals surface area (Å²) in [5, 5.41) is 24.9. The van der Waals surface area contributed by atoms with Crippen molar-refractivity contribution < 1.29 is 9.34 Å². The molecule has 0 amide bonds. The van der Waals surface area contributed by atoms with Crippen LogP contribution in [0.2, 0.25) is 0 Å². The van der Waals surface area contributed by atoms with Gasteiger partial charge in [0.15, 0.2) is 0 Å². The summed E-state index contributed by atoms with van der Waals surface area (Å²) in [7, 11) is 0. The minimum absolute atomic E-state index is 0.267. The van der Waals surface area contributed by atoms with E-state index in [9.17, 15) is 10.1 Å². The van der Waals surface area contributed by atoms with Gasteiger partial charge in [-0.1, -0.05) is 31.0 Å². The summed E-state index contributed by atoms with van der Waals surface area (Å²) in [6.45, 7) is 0. The average molecular weight is 321 g/mol. The summed E-state index contributed by atoms with van der Waals surface area (Å²) in [5.41, 5.74) is 0. The highest BCUT2D eigenvalue weighted by molar-refractivity contribution is 8.02. The van der Waals surface area contributed by atoms with E-state index in [2.05, 4.69) is 15.5 Å². The van der Waals surface area contributed by atoms with E-state index in [1.807, 2.05) is 4.68 Å². The Morgan fingerprint density at radius 2 is 2.18 bits per heavy atom. The lowest BCUT2D eigenvalue weighted by Crippen LogP contribution is -2.15.